The third-order valence-electron chi connectivity index (χ3n) is 5.51. The lowest BCUT2D eigenvalue weighted by molar-refractivity contribution is -0.114. The molecule has 1 amide bonds. The number of pyridine rings is 1. The van der Waals surface area contributed by atoms with Gasteiger partial charge >= 0.3 is 0 Å². The predicted octanol–water partition coefficient (Wildman–Crippen LogP) is 3.24. The molecule has 4 rings (SSSR count). The summed E-state index contributed by atoms with van der Waals surface area (Å²) in [6.45, 7) is 5.51. The Morgan fingerprint density at radius 3 is 2.73 bits per heavy atom. The maximum atomic E-state index is 11.4. The number of benzene rings is 1. The Kier molecular flexibility index (Phi) is 4.89. The SMILES string of the molecule is CC(=O)Nc1ncccc1N1CCN(C2CCCc3ccccc32)CC1. The van der Waals surface area contributed by atoms with Crippen LogP contribution in [0.15, 0.2) is 42.6 Å². The predicted molar refractivity (Wildman–Crippen MR) is 104 cm³/mol. The first-order valence-electron chi connectivity index (χ1n) is 9.52. The van der Waals surface area contributed by atoms with E-state index in [1.807, 2.05) is 12.1 Å². The van der Waals surface area contributed by atoms with Crippen molar-refractivity contribution >= 4 is 17.4 Å². The molecule has 2 aliphatic rings. The molecule has 5 nitrogen and oxygen atoms in total. The monoisotopic (exact) mass is 350 g/mol. The molecule has 136 valence electrons. The first-order valence-corrected chi connectivity index (χ1v) is 9.52. The Labute approximate surface area is 155 Å². The first-order chi connectivity index (χ1) is 12.7. The number of aromatic nitrogens is 1. The second kappa shape index (κ2) is 7.46. The molecule has 26 heavy (non-hydrogen) atoms. The Morgan fingerprint density at radius 2 is 1.92 bits per heavy atom. The quantitative estimate of drug-likeness (QED) is 0.923. The van der Waals surface area contributed by atoms with Gasteiger partial charge in [0.1, 0.15) is 0 Å². The summed E-state index contributed by atoms with van der Waals surface area (Å²) in [6.07, 6.45) is 5.46. The molecule has 1 unspecified atom stereocenters. The summed E-state index contributed by atoms with van der Waals surface area (Å²) in [4.78, 5) is 20.8. The third-order valence-corrected chi connectivity index (χ3v) is 5.51. The molecule has 5 heteroatoms. The number of fused-ring (bicyclic) bond motifs is 1. The minimum Gasteiger partial charge on any atom is -0.366 e. The van der Waals surface area contributed by atoms with Crippen molar-refractivity contribution < 1.29 is 4.79 Å². The van der Waals surface area contributed by atoms with E-state index in [2.05, 4.69) is 44.4 Å². The summed E-state index contributed by atoms with van der Waals surface area (Å²) in [5, 5.41) is 2.85. The van der Waals surface area contributed by atoms with E-state index in [1.165, 1.54) is 37.3 Å². The molecule has 1 fully saturated rings. The van der Waals surface area contributed by atoms with Crippen molar-refractivity contribution in [2.45, 2.75) is 32.2 Å². The van der Waals surface area contributed by atoms with Gasteiger partial charge in [0.2, 0.25) is 5.91 Å². The van der Waals surface area contributed by atoms with E-state index >= 15 is 0 Å². The molecule has 0 spiro atoms. The van der Waals surface area contributed by atoms with Gasteiger partial charge in [-0.25, -0.2) is 4.98 Å². The number of amides is 1. The summed E-state index contributed by atoms with van der Waals surface area (Å²) in [5.74, 6) is 0.582. The summed E-state index contributed by atoms with van der Waals surface area (Å²) in [7, 11) is 0. The molecule has 0 saturated carbocycles. The van der Waals surface area contributed by atoms with Crippen LogP contribution in [0.25, 0.3) is 0 Å². The van der Waals surface area contributed by atoms with Gasteiger partial charge in [-0.3, -0.25) is 9.69 Å². The van der Waals surface area contributed by atoms with Crippen LogP contribution >= 0.6 is 0 Å². The van der Waals surface area contributed by atoms with Crippen LogP contribution in [0, 0.1) is 0 Å². The number of aryl methyl sites for hydroxylation is 1. The molecule has 1 atom stereocenters. The fourth-order valence-electron chi connectivity index (χ4n) is 4.30. The molecule has 2 aromatic rings. The Balaban J connectivity index is 1.47. The number of carbonyl (C=O) groups excluding carboxylic acids is 1. The van der Waals surface area contributed by atoms with Crippen LogP contribution in [0.1, 0.15) is 36.9 Å². The van der Waals surface area contributed by atoms with E-state index < -0.39 is 0 Å². The molecule has 1 aromatic heterocycles. The van der Waals surface area contributed by atoms with Crippen molar-refractivity contribution in [1.82, 2.24) is 9.88 Å². The lowest BCUT2D eigenvalue weighted by Gasteiger charge is -2.42. The zero-order chi connectivity index (χ0) is 17.9. The van der Waals surface area contributed by atoms with Crippen molar-refractivity contribution in [3.05, 3.63) is 53.7 Å². The fourth-order valence-corrected chi connectivity index (χ4v) is 4.30. The van der Waals surface area contributed by atoms with E-state index in [9.17, 15) is 4.79 Å². The second-order valence-corrected chi connectivity index (χ2v) is 7.18. The maximum absolute atomic E-state index is 11.4. The number of piperazine rings is 1. The van der Waals surface area contributed by atoms with E-state index in [0.717, 1.165) is 31.9 Å². The minimum atomic E-state index is -0.0811. The van der Waals surface area contributed by atoms with Crippen molar-refractivity contribution in [2.24, 2.45) is 0 Å². The van der Waals surface area contributed by atoms with Gasteiger partial charge in [-0.2, -0.15) is 0 Å². The average Bonchev–Trinajstić information content (AvgIpc) is 2.68. The molecule has 1 aliphatic heterocycles. The highest BCUT2D eigenvalue weighted by Gasteiger charge is 2.29. The Bertz CT molecular complexity index is 783. The first kappa shape index (κ1) is 17.0. The van der Waals surface area contributed by atoms with Gasteiger partial charge in [-0.15, -0.1) is 0 Å². The number of nitrogens with one attached hydrogen (secondary N) is 1. The van der Waals surface area contributed by atoms with E-state index in [4.69, 9.17) is 0 Å². The van der Waals surface area contributed by atoms with Crippen LogP contribution in [-0.2, 0) is 11.2 Å². The molecule has 1 saturated heterocycles. The van der Waals surface area contributed by atoms with Gasteiger partial charge in [-0.1, -0.05) is 24.3 Å². The highest BCUT2D eigenvalue weighted by Crippen LogP contribution is 2.35. The van der Waals surface area contributed by atoms with Crippen molar-refractivity contribution in [3.63, 3.8) is 0 Å². The maximum Gasteiger partial charge on any atom is 0.222 e. The van der Waals surface area contributed by atoms with Crippen LogP contribution in [0.4, 0.5) is 11.5 Å². The third kappa shape index (κ3) is 3.44. The minimum absolute atomic E-state index is 0.0811. The fraction of sp³-hybridized carbons (Fsp3) is 0.429. The lowest BCUT2D eigenvalue weighted by atomic mass is 9.86. The molecule has 0 radical (unpaired) electrons. The number of carbonyl (C=O) groups is 1. The summed E-state index contributed by atoms with van der Waals surface area (Å²) >= 11 is 0. The summed E-state index contributed by atoms with van der Waals surface area (Å²) in [5.41, 5.74) is 4.06. The molecule has 2 heterocycles. The molecule has 1 aliphatic carbocycles. The second-order valence-electron chi connectivity index (χ2n) is 7.18. The number of nitrogens with zero attached hydrogens (tertiary/aromatic N) is 3. The largest absolute Gasteiger partial charge is 0.366 e. The summed E-state index contributed by atoms with van der Waals surface area (Å²) < 4.78 is 0. The van der Waals surface area contributed by atoms with Crippen molar-refractivity contribution in [3.8, 4) is 0 Å². The molecule has 1 N–H and O–H groups in total. The highest BCUT2D eigenvalue weighted by atomic mass is 16.1. The van der Waals surface area contributed by atoms with Crippen LogP contribution in [0.5, 0.6) is 0 Å². The van der Waals surface area contributed by atoms with Crippen LogP contribution in [0.3, 0.4) is 0 Å². The van der Waals surface area contributed by atoms with Crippen molar-refractivity contribution in [2.75, 3.05) is 36.4 Å². The standard InChI is InChI=1S/C21H26N4O/c1-16(26)23-21-20(10-5-11-22-21)25-14-12-24(13-15-25)19-9-4-7-17-6-2-3-8-18(17)19/h2-3,5-6,8,10-11,19H,4,7,9,12-15H2,1H3,(H,22,23,26). The van der Waals surface area contributed by atoms with Gasteiger partial charge in [0.25, 0.3) is 0 Å². The highest BCUT2D eigenvalue weighted by molar-refractivity contribution is 5.91. The Morgan fingerprint density at radius 1 is 1.12 bits per heavy atom. The topological polar surface area (TPSA) is 48.5 Å². The van der Waals surface area contributed by atoms with Gasteiger partial charge in [0, 0.05) is 45.3 Å². The van der Waals surface area contributed by atoms with Gasteiger partial charge in [-0.05, 0) is 42.5 Å². The Hall–Kier alpha value is -2.40. The average molecular weight is 350 g/mol. The molecular formula is C21H26N4O. The van der Waals surface area contributed by atoms with Crippen LogP contribution < -0.4 is 10.2 Å². The van der Waals surface area contributed by atoms with Gasteiger partial charge < -0.3 is 10.2 Å². The van der Waals surface area contributed by atoms with Crippen LogP contribution in [-0.4, -0.2) is 42.0 Å². The number of anilines is 2. The van der Waals surface area contributed by atoms with E-state index in [0.29, 0.717) is 11.9 Å². The number of hydrogen-bond acceptors (Lipinski definition) is 4. The smallest absolute Gasteiger partial charge is 0.222 e. The van der Waals surface area contributed by atoms with E-state index in [-0.39, 0.29) is 5.91 Å². The molecular weight excluding hydrogens is 324 g/mol. The number of hydrogen-bond donors (Lipinski definition) is 1. The molecule has 0 bridgehead atoms. The lowest BCUT2D eigenvalue weighted by Crippen LogP contribution is -2.48. The zero-order valence-corrected chi connectivity index (χ0v) is 15.3. The molecule has 1 aromatic carbocycles. The zero-order valence-electron chi connectivity index (χ0n) is 15.3. The normalized spacial score (nSPS) is 20.5. The van der Waals surface area contributed by atoms with Gasteiger partial charge in [0.05, 0.1) is 5.69 Å². The summed E-state index contributed by atoms with van der Waals surface area (Å²) in [6, 6.07) is 13.4. The number of rotatable bonds is 3. The van der Waals surface area contributed by atoms with Gasteiger partial charge in [0.15, 0.2) is 5.82 Å². The van der Waals surface area contributed by atoms with E-state index in [1.54, 1.807) is 6.20 Å². The van der Waals surface area contributed by atoms with Crippen molar-refractivity contribution in [1.29, 1.82) is 0 Å². The van der Waals surface area contributed by atoms with Crippen LogP contribution in [0.2, 0.25) is 0 Å².